The first kappa shape index (κ1) is 16.0. The van der Waals surface area contributed by atoms with Gasteiger partial charge in [0, 0.05) is 5.69 Å². The summed E-state index contributed by atoms with van der Waals surface area (Å²) >= 11 is 0. The SMILES string of the molecule is CCC(C)C(NC(=O)CNc1ccccc1)C(=O)OC. The quantitative estimate of drug-likeness (QED) is 0.746. The monoisotopic (exact) mass is 278 g/mol. The van der Waals surface area contributed by atoms with Gasteiger partial charge in [-0.1, -0.05) is 38.5 Å². The summed E-state index contributed by atoms with van der Waals surface area (Å²) < 4.78 is 4.72. The molecule has 0 aliphatic heterocycles. The number of esters is 1. The van der Waals surface area contributed by atoms with Crippen LogP contribution in [-0.4, -0.2) is 31.6 Å². The Morgan fingerprint density at radius 2 is 1.90 bits per heavy atom. The molecule has 20 heavy (non-hydrogen) atoms. The van der Waals surface area contributed by atoms with Crippen LogP contribution in [0.5, 0.6) is 0 Å². The van der Waals surface area contributed by atoms with Crippen molar-refractivity contribution in [1.29, 1.82) is 0 Å². The molecule has 0 aliphatic carbocycles. The van der Waals surface area contributed by atoms with Gasteiger partial charge in [0.05, 0.1) is 13.7 Å². The van der Waals surface area contributed by atoms with Gasteiger partial charge in [-0.05, 0) is 18.1 Å². The lowest BCUT2D eigenvalue weighted by Crippen LogP contribution is -2.47. The summed E-state index contributed by atoms with van der Waals surface area (Å²) in [4.78, 5) is 23.6. The van der Waals surface area contributed by atoms with E-state index in [1.807, 2.05) is 44.2 Å². The third-order valence-electron chi connectivity index (χ3n) is 3.21. The highest BCUT2D eigenvalue weighted by atomic mass is 16.5. The Hall–Kier alpha value is -2.04. The lowest BCUT2D eigenvalue weighted by molar-refractivity contribution is -0.146. The van der Waals surface area contributed by atoms with E-state index < -0.39 is 12.0 Å². The Morgan fingerprint density at radius 3 is 2.45 bits per heavy atom. The van der Waals surface area contributed by atoms with Gasteiger partial charge in [-0.2, -0.15) is 0 Å². The number of para-hydroxylation sites is 1. The highest BCUT2D eigenvalue weighted by Gasteiger charge is 2.26. The standard InChI is InChI=1S/C15H22N2O3/c1-4-11(2)14(15(19)20-3)17-13(18)10-16-12-8-6-5-7-9-12/h5-9,11,14,16H,4,10H2,1-3H3,(H,17,18). The predicted octanol–water partition coefficient (Wildman–Crippen LogP) is 1.80. The summed E-state index contributed by atoms with van der Waals surface area (Å²) in [5, 5.41) is 5.71. The first-order valence-electron chi connectivity index (χ1n) is 6.74. The number of anilines is 1. The van der Waals surface area contributed by atoms with Crippen LogP contribution in [0.3, 0.4) is 0 Å². The van der Waals surface area contributed by atoms with Crippen molar-refractivity contribution in [3.8, 4) is 0 Å². The number of hydrogen-bond acceptors (Lipinski definition) is 4. The Labute approximate surface area is 119 Å². The summed E-state index contributed by atoms with van der Waals surface area (Å²) in [7, 11) is 1.33. The number of amides is 1. The molecule has 1 rings (SSSR count). The number of hydrogen-bond donors (Lipinski definition) is 2. The van der Waals surface area contributed by atoms with E-state index in [0.29, 0.717) is 0 Å². The molecule has 2 atom stereocenters. The second-order valence-corrected chi connectivity index (χ2v) is 4.67. The van der Waals surface area contributed by atoms with Crippen LogP contribution in [0.25, 0.3) is 0 Å². The van der Waals surface area contributed by atoms with E-state index in [9.17, 15) is 9.59 Å². The van der Waals surface area contributed by atoms with Gasteiger partial charge in [-0.3, -0.25) is 4.79 Å². The van der Waals surface area contributed by atoms with Gasteiger partial charge in [-0.15, -0.1) is 0 Å². The minimum Gasteiger partial charge on any atom is -0.467 e. The van der Waals surface area contributed by atoms with E-state index in [0.717, 1.165) is 12.1 Å². The number of carbonyl (C=O) groups excluding carboxylic acids is 2. The van der Waals surface area contributed by atoms with E-state index in [1.54, 1.807) is 0 Å². The van der Waals surface area contributed by atoms with Gasteiger partial charge in [0.2, 0.25) is 5.91 Å². The molecule has 2 N–H and O–H groups in total. The molecule has 0 bridgehead atoms. The summed E-state index contributed by atoms with van der Waals surface area (Å²) in [5.74, 6) is -0.611. The van der Waals surface area contributed by atoms with E-state index >= 15 is 0 Å². The lowest BCUT2D eigenvalue weighted by atomic mass is 9.99. The third kappa shape index (κ3) is 4.91. The predicted molar refractivity (Wildman–Crippen MR) is 78.3 cm³/mol. The Bertz CT molecular complexity index is 434. The molecule has 0 spiro atoms. The van der Waals surface area contributed by atoms with Crippen LogP contribution in [-0.2, 0) is 14.3 Å². The zero-order chi connectivity index (χ0) is 15.0. The first-order chi connectivity index (χ1) is 9.58. The summed E-state index contributed by atoms with van der Waals surface area (Å²) in [6, 6.07) is 8.82. The Kier molecular flexibility index (Phi) is 6.56. The van der Waals surface area contributed by atoms with Crippen LogP contribution in [0.2, 0.25) is 0 Å². The van der Waals surface area contributed by atoms with Crippen LogP contribution in [0.15, 0.2) is 30.3 Å². The van der Waals surface area contributed by atoms with Crippen molar-refractivity contribution in [1.82, 2.24) is 5.32 Å². The molecule has 1 aromatic rings. The molecule has 5 nitrogen and oxygen atoms in total. The van der Waals surface area contributed by atoms with E-state index in [4.69, 9.17) is 4.74 Å². The topological polar surface area (TPSA) is 67.4 Å². The fraction of sp³-hybridized carbons (Fsp3) is 0.467. The molecule has 5 heteroatoms. The number of ether oxygens (including phenoxy) is 1. The van der Waals surface area contributed by atoms with Crippen molar-refractivity contribution >= 4 is 17.6 Å². The maximum atomic E-state index is 11.9. The molecule has 0 saturated heterocycles. The molecule has 0 heterocycles. The van der Waals surface area contributed by atoms with Gasteiger partial charge in [0.1, 0.15) is 6.04 Å². The number of methoxy groups -OCH3 is 1. The number of nitrogens with one attached hydrogen (secondary N) is 2. The maximum absolute atomic E-state index is 11.9. The molecular weight excluding hydrogens is 256 g/mol. The van der Waals surface area contributed by atoms with Crippen molar-refractivity contribution in [3.63, 3.8) is 0 Å². The molecule has 110 valence electrons. The molecule has 0 fully saturated rings. The van der Waals surface area contributed by atoms with E-state index in [2.05, 4.69) is 10.6 Å². The molecule has 2 unspecified atom stereocenters. The molecule has 0 radical (unpaired) electrons. The Morgan fingerprint density at radius 1 is 1.25 bits per heavy atom. The smallest absolute Gasteiger partial charge is 0.328 e. The van der Waals surface area contributed by atoms with Crippen LogP contribution in [0.4, 0.5) is 5.69 Å². The number of carbonyl (C=O) groups is 2. The zero-order valence-corrected chi connectivity index (χ0v) is 12.2. The van der Waals surface area contributed by atoms with Crippen molar-refractivity contribution in [2.24, 2.45) is 5.92 Å². The molecule has 1 aromatic carbocycles. The lowest BCUT2D eigenvalue weighted by Gasteiger charge is -2.22. The summed E-state index contributed by atoms with van der Waals surface area (Å²) in [6.07, 6.45) is 0.784. The van der Waals surface area contributed by atoms with Crippen molar-refractivity contribution < 1.29 is 14.3 Å². The summed E-state index contributed by atoms with van der Waals surface area (Å²) in [5.41, 5.74) is 0.862. The van der Waals surface area contributed by atoms with Crippen molar-refractivity contribution in [2.75, 3.05) is 19.0 Å². The first-order valence-corrected chi connectivity index (χ1v) is 6.74. The molecule has 0 aromatic heterocycles. The minimum absolute atomic E-state index is 0.0307. The van der Waals surface area contributed by atoms with Gasteiger partial charge in [-0.25, -0.2) is 4.79 Å². The van der Waals surface area contributed by atoms with Crippen LogP contribution in [0.1, 0.15) is 20.3 Å². The zero-order valence-electron chi connectivity index (χ0n) is 12.2. The van der Waals surface area contributed by atoms with E-state index in [-0.39, 0.29) is 18.4 Å². The Balaban J connectivity index is 2.51. The average molecular weight is 278 g/mol. The molecular formula is C15H22N2O3. The minimum atomic E-state index is -0.602. The third-order valence-corrected chi connectivity index (χ3v) is 3.21. The van der Waals surface area contributed by atoms with Gasteiger partial charge < -0.3 is 15.4 Å². The van der Waals surface area contributed by atoms with Crippen LogP contribution in [0, 0.1) is 5.92 Å². The molecule has 0 saturated carbocycles. The second-order valence-electron chi connectivity index (χ2n) is 4.67. The molecule has 0 aliphatic rings. The van der Waals surface area contributed by atoms with Gasteiger partial charge >= 0.3 is 5.97 Å². The highest BCUT2D eigenvalue weighted by molar-refractivity contribution is 5.86. The van der Waals surface area contributed by atoms with Crippen molar-refractivity contribution in [3.05, 3.63) is 30.3 Å². The normalized spacial score (nSPS) is 13.2. The maximum Gasteiger partial charge on any atom is 0.328 e. The van der Waals surface area contributed by atoms with Gasteiger partial charge in [0.15, 0.2) is 0 Å². The van der Waals surface area contributed by atoms with Crippen LogP contribution < -0.4 is 10.6 Å². The largest absolute Gasteiger partial charge is 0.467 e. The van der Waals surface area contributed by atoms with E-state index in [1.165, 1.54) is 7.11 Å². The number of benzene rings is 1. The van der Waals surface area contributed by atoms with Gasteiger partial charge in [0.25, 0.3) is 0 Å². The number of rotatable bonds is 7. The van der Waals surface area contributed by atoms with Crippen LogP contribution >= 0.6 is 0 Å². The molecule has 1 amide bonds. The highest BCUT2D eigenvalue weighted by Crippen LogP contribution is 2.09. The fourth-order valence-electron chi connectivity index (χ4n) is 1.76. The second kappa shape index (κ2) is 8.19. The van der Waals surface area contributed by atoms with Crippen molar-refractivity contribution in [2.45, 2.75) is 26.3 Å². The average Bonchev–Trinajstić information content (AvgIpc) is 2.50. The fourth-order valence-corrected chi connectivity index (χ4v) is 1.76. The summed E-state index contributed by atoms with van der Waals surface area (Å²) in [6.45, 7) is 4.00.